The van der Waals surface area contributed by atoms with Gasteiger partial charge < -0.3 is 10.6 Å². The zero-order chi connectivity index (χ0) is 15.1. The van der Waals surface area contributed by atoms with Gasteiger partial charge in [0.15, 0.2) is 5.96 Å². The molecule has 0 atom stereocenters. The van der Waals surface area contributed by atoms with E-state index in [0.717, 1.165) is 16.1 Å². The van der Waals surface area contributed by atoms with Gasteiger partial charge in [-0.2, -0.15) is 0 Å². The summed E-state index contributed by atoms with van der Waals surface area (Å²) < 4.78 is 12.8. The molecule has 118 valence electrons. The smallest absolute Gasteiger partial charge is 0.191 e. The lowest BCUT2D eigenvalue weighted by Crippen LogP contribution is -2.36. The van der Waals surface area contributed by atoms with Crippen molar-refractivity contribution in [3.05, 3.63) is 70.5 Å². The second-order valence-corrected chi connectivity index (χ2v) is 4.90. The van der Waals surface area contributed by atoms with Crippen LogP contribution in [0.25, 0.3) is 0 Å². The summed E-state index contributed by atoms with van der Waals surface area (Å²) in [5.41, 5.74) is 1.99. The summed E-state index contributed by atoms with van der Waals surface area (Å²) in [6.45, 7) is 1.16. The lowest BCUT2D eigenvalue weighted by atomic mass is 10.2. The molecule has 0 saturated heterocycles. The van der Waals surface area contributed by atoms with Gasteiger partial charge in [-0.1, -0.05) is 41.9 Å². The molecule has 2 N–H and O–H groups in total. The van der Waals surface area contributed by atoms with Crippen molar-refractivity contribution in [2.45, 2.75) is 13.1 Å². The molecule has 0 spiro atoms. The third kappa shape index (κ3) is 5.81. The number of aliphatic imine (C=N–C) groups is 1. The van der Waals surface area contributed by atoms with Crippen LogP contribution in [0, 0.1) is 5.82 Å². The summed E-state index contributed by atoms with van der Waals surface area (Å²) in [6.07, 6.45) is 0. The molecule has 2 aromatic carbocycles. The number of rotatable bonds is 4. The van der Waals surface area contributed by atoms with Gasteiger partial charge in [0.05, 0.1) is 0 Å². The van der Waals surface area contributed by atoms with E-state index < -0.39 is 0 Å². The Bertz CT molecular complexity index is 617. The van der Waals surface area contributed by atoms with Crippen molar-refractivity contribution in [1.82, 2.24) is 10.6 Å². The Morgan fingerprint density at radius 2 is 1.68 bits per heavy atom. The van der Waals surface area contributed by atoms with Crippen molar-refractivity contribution in [1.29, 1.82) is 0 Å². The van der Waals surface area contributed by atoms with Gasteiger partial charge >= 0.3 is 0 Å². The SMILES string of the molecule is CN=C(NCc1ccc(F)cc1)NCc1ccccc1Cl.I. The first kappa shape index (κ1) is 18.7. The lowest BCUT2D eigenvalue weighted by Gasteiger charge is -2.12. The molecule has 0 unspecified atom stereocenters. The fraction of sp³-hybridized carbons (Fsp3) is 0.188. The molecule has 3 nitrogen and oxygen atoms in total. The monoisotopic (exact) mass is 433 g/mol. The quantitative estimate of drug-likeness (QED) is 0.435. The van der Waals surface area contributed by atoms with Crippen LogP contribution in [-0.4, -0.2) is 13.0 Å². The molecule has 0 bridgehead atoms. The Morgan fingerprint density at radius 3 is 2.32 bits per heavy atom. The van der Waals surface area contributed by atoms with Crippen LogP contribution >= 0.6 is 35.6 Å². The largest absolute Gasteiger partial charge is 0.352 e. The van der Waals surface area contributed by atoms with E-state index in [-0.39, 0.29) is 29.8 Å². The van der Waals surface area contributed by atoms with E-state index in [1.54, 1.807) is 19.2 Å². The van der Waals surface area contributed by atoms with Crippen molar-refractivity contribution < 1.29 is 4.39 Å². The minimum Gasteiger partial charge on any atom is -0.352 e. The molecule has 2 aromatic rings. The number of hydrogen-bond acceptors (Lipinski definition) is 1. The molecule has 0 aliphatic rings. The van der Waals surface area contributed by atoms with Crippen molar-refractivity contribution in [3.63, 3.8) is 0 Å². The van der Waals surface area contributed by atoms with Crippen LogP contribution in [0.1, 0.15) is 11.1 Å². The van der Waals surface area contributed by atoms with E-state index in [1.165, 1.54) is 12.1 Å². The molecular weight excluding hydrogens is 416 g/mol. The van der Waals surface area contributed by atoms with Crippen LogP contribution in [0.5, 0.6) is 0 Å². The van der Waals surface area contributed by atoms with Gasteiger partial charge in [-0.3, -0.25) is 4.99 Å². The number of guanidine groups is 1. The first-order chi connectivity index (χ1) is 10.2. The maximum atomic E-state index is 12.8. The highest BCUT2D eigenvalue weighted by molar-refractivity contribution is 14.0. The van der Waals surface area contributed by atoms with E-state index in [9.17, 15) is 4.39 Å². The summed E-state index contributed by atoms with van der Waals surface area (Å²) in [4.78, 5) is 4.14. The highest BCUT2D eigenvalue weighted by Crippen LogP contribution is 2.14. The fourth-order valence-electron chi connectivity index (χ4n) is 1.83. The molecule has 0 fully saturated rings. The topological polar surface area (TPSA) is 36.4 Å². The zero-order valence-corrected chi connectivity index (χ0v) is 15.2. The van der Waals surface area contributed by atoms with E-state index in [4.69, 9.17) is 11.6 Å². The van der Waals surface area contributed by atoms with Crippen LogP contribution < -0.4 is 10.6 Å². The third-order valence-corrected chi connectivity index (χ3v) is 3.37. The van der Waals surface area contributed by atoms with E-state index in [1.807, 2.05) is 24.3 Å². The highest BCUT2D eigenvalue weighted by Gasteiger charge is 2.02. The summed E-state index contributed by atoms with van der Waals surface area (Å²) in [5.74, 6) is 0.430. The van der Waals surface area contributed by atoms with Gasteiger partial charge in [-0.25, -0.2) is 4.39 Å². The third-order valence-electron chi connectivity index (χ3n) is 3.00. The van der Waals surface area contributed by atoms with Crippen LogP contribution in [0.4, 0.5) is 4.39 Å². The standard InChI is InChI=1S/C16H17ClFN3.HI/c1-19-16(20-10-12-6-8-14(18)9-7-12)21-11-13-4-2-3-5-15(13)17;/h2-9H,10-11H2,1H3,(H2,19,20,21);1H. The maximum Gasteiger partial charge on any atom is 0.191 e. The molecule has 22 heavy (non-hydrogen) atoms. The van der Waals surface area contributed by atoms with Gasteiger partial charge in [0.1, 0.15) is 5.82 Å². The Labute approximate surface area is 152 Å². The molecule has 6 heteroatoms. The number of nitrogens with zero attached hydrogens (tertiary/aromatic N) is 1. The van der Waals surface area contributed by atoms with Crippen LogP contribution in [0.2, 0.25) is 5.02 Å². The first-order valence-corrected chi connectivity index (χ1v) is 6.99. The van der Waals surface area contributed by atoms with Gasteiger partial charge in [-0.05, 0) is 29.3 Å². The predicted molar refractivity (Wildman–Crippen MR) is 100 cm³/mol. The first-order valence-electron chi connectivity index (χ1n) is 6.61. The molecule has 0 radical (unpaired) electrons. The predicted octanol–water partition coefficient (Wildman–Crippen LogP) is 3.96. The minimum absolute atomic E-state index is 0. The Kier molecular flexibility index (Phi) is 8.19. The van der Waals surface area contributed by atoms with Gasteiger partial charge in [0, 0.05) is 25.2 Å². The fourth-order valence-corrected chi connectivity index (χ4v) is 2.03. The second kappa shape index (κ2) is 9.63. The summed E-state index contributed by atoms with van der Waals surface area (Å²) in [5, 5.41) is 7.08. The van der Waals surface area contributed by atoms with Crippen LogP contribution in [-0.2, 0) is 13.1 Å². The normalized spacial score (nSPS) is 10.8. The number of benzene rings is 2. The molecule has 2 rings (SSSR count). The van der Waals surface area contributed by atoms with Crippen molar-refractivity contribution in [2.75, 3.05) is 7.05 Å². The minimum atomic E-state index is -0.236. The average molecular weight is 434 g/mol. The van der Waals surface area contributed by atoms with Gasteiger partial charge in [0.25, 0.3) is 0 Å². The Hall–Kier alpha value is -1.34. The van der Waals surface area contributed by atoms with E-state index in [0.29, 0.717) is 19.0 Å². The molecular formula is C16H18ClFIN3. The second-order valence-electron chi connectivity index (χ2n) is 4.50. The number of hydrogen-bond donors (Lipinski definition) is 2. The molecule has 0 aliphatic carbocycles. The Morgan fingerprint density at radius 1 is 1.05 bits per heavy atom. The summed E-state index contributed by atoms with van der Waals surface area (Å²) in [7, 11) is 1.70. The molecule has 0 saturated carbocycles. The van der Waals surface area contributed by atoms with Gasteiger partial charge in [0.2, 0.25) is 0 Å². The van der Waals surface area contributed by atoms with Crippen molar-refractivity contribution in [2.24, 2.45) is 4.99 Å². The molecule has 0 amide bonds. The molecule has 0 aromatic heterocycles. The zero-order valence-electron chi connectivity index (χ0n) is 12.1. The summed E-state index contributed by atoms with van der Waals surface area (Å²) >= 11 is 6.10. The van der Waals surface area contributed by atoms with Crippen LogP contribution in [0.15, 0.2) is 53.5 Å². The number of nitrogens with one attached hydrogen (secondary N) is 2. The number of halogens is 3. The summed E-state index contributed by atoms with van der Waals surface area (Å²) in [6, 6.07) is 14.0. The van der Waals surface area contributed by atoms with Crippen molar-refractivity contribution >= 4 is 41.5 Å². The molecule has 0 heterocycles. The highest BCUT2D eigenvalue weighted by atomic mass is 127. The maximum absolute atomic E-state index is 12.8. The van der Waals surface area contributed by atoms with Gasteiger partial charge in [-0.15, -0.1) is 24.0 Å². The van der Waals surface area contributed by atoms with E-state index in [2.05, 4.69) is 15.6 Å². The average Bonchev–Trinajstić information content (AvgIpc) is 2.51. The Balaban J connectivity index is 0.00000242. The van der Waals surface area contributed by atoms with Crippen LogP contribution in [0.3, 0.4) is 0 Å². The van der Waals surface area contributed by atoms with E-state index >= 15 is 0 Å². The van der Waals surface area contributed by atoms with Crippen molar-refractivity contribution in [3.8, 4) is 0 Å². The molecule has 0 aliphatic heterocycles. The lowest BCUT2D eigenvalue weighted by molar-refractivity contribution is 0.626.